The van der Waals surface area contributed by atoms with Crippen LogP contribution >= 0.6 is 11.3 Å². The normalized spacial score (nSPS) is 18.0. The molecule has 1 aromatic rings. The number of carboxylic acids is 1. The predicted octanol–water partition coefficient (Wildman–Crippen LogP) is 3.18. The molecule has 27 heavy (non-hydrogen) atoms. The van der Waals surface area contributed by atoms with Crippen molar-refractivity contribution in [3.05, 3.63) is 16.0 Å². The van der Waals surface area contributed by atoms with Crippen LogP contribution in [0.2, 0.25) is 0 Å². The third-order valence-electron chi connectivity index (χ3n) is 5.53. The summed E-state index contributed by atoms with van der Waals surface area (Å²) in [4.78, 5) is 41.4. The van der Waals surface area contributed by atoms with Crippen molar-refractivity contribution in [1.29, 1.82) is 0 Å². The van der Waals surface area contributed by atoms with Crippen LogP contribution in [0.1, 0.15) is 53.4 Å². The number of nitrogens with one attached hydrogen (secondary N) is 1. The number of anilines is 1. The monoisotopic (exact) mass is 393 g/mol. The van der Waals surface area contributed by atoms with Gasteiger partial charge in [-0.25, -0.2) is 9.59 Å². The summed E-state index contributed by atoms with van der Waals surface area (Å²) in [6.07, 6.45) is 3.97. The highest BCUT2D eigenvalue weighted by Crippen LogP contribution is 2.34. The molecule has 0 aliphatic carbocycles. The average Bonchev–Trinajstić information content (AvgIpc) is 3.28. The second-order valence-corrected chi connectivity index (χ2v) is 8.45. The Kier molecular flexibility index (Phi) is 6.04. The molecule has 2 fully saturated rings. The van der Waals surface area contributed by atoms with Crippen molar-refractivity contribution in [2.75, 3.05) is 31.5 Å². The Morgan fingerprint density at radius 2 is 1.70 bits per heavy atom. The smallest absolute Gasteiger partial charge is 0.339 e. The quantitative estimate of drug-likeness (QED) is 0.822. The third-order valence-corrected chi connectivity index (χ3v) is 6.59. The van der Waals surface area contributed by atoms with Gasteiger partial charge in [0.2, 0.25) is 5.91 Å². The van der Waals surface area contributed by atoms with Gasteiger partial charge in [-0.05, 0) is 44.6 Å². The van der Waals surface area contributed by atoms with Gasteiger partial charge in [-0.1, -0.05) is 6.92 Å². The van der Waals surface area contributed by atoms with Gasteiger partial charge in [-0.3, -0.25) is 4.79 Å². The summed E-state index contributed by atoms with van der Waals surface area (Å²) in [5.41, 5.74) is 1.00. The van der Waals surface area contributed by atoms with Crippen LogP contribution in [-0.4, -0.2) is 59.0 Å². The minimum Gasteiger partial charge on any atom is -0.478 e. The van der Waals surface area contributed by atoms with Gasteiger partial charge in [0, 0.05) is 37.0 Å². The van der Waals surface area contributed by atoms with Crippen LogP contribution in [0.5, 0.6) is 0 Å². The largest absolute Gasteiger partial charge is 0.478 e. The van der Waals surface area contributed by atoms with E-state index in [1.54, 1.807) is 0 Å². The topological polar surface area (TPSA) is 90.0 Å². The van der Waals surface area contributed by atoms with E-state index in [9.17, 15) is 19.5 Å². The van der Waals surface area contributed by atoms with Gasteiger partial charge in [-0.15, -0.1) is 11.3 Å². The molecule has 1 aromatic heterocycles. The number of thiophene rings is 1. The van der Waals surface area contributed by atoms with Crippen LogP contribution in [0.4, 0.5) is 9.80 Å². The molecule has 0 saturated carbocycles. The summed E-state index contributed by atoms with van der Waals surface area (Å²) < 4.78 is 0. The van der Waals surface area contributed by atoms with Crippen molar-refractivity contribution in [2.45, 2.75) is 46.0 Å². The summed E-state index contributed by atoms with van der Waals surface area (Å²) in [5, 5.41) is 12.8. The zero-order valence-electron chi connectivity index (χ0n) is 15.9. The lowest BCUT2D eigenvalue weighted by molar-refractivity contribution is -0.121. The second kappa shape index (κ2) is 8.29. The molecule has 3 rings (SSSR count). The van der Waals surface area contributed by atoms with Crippen molar-refractivity contribution < 1.29 is 19.5 Å². The summed E-state index contributed by atoms with van der Waals surface area (Å²) in [7, 11) is 0. The minimum atomic E-state index is -1.00. The lowest BCUT2D eigenvalue weighted by Crippen LogP contribution is -2.47. The van der Waals surface area contributed by atoms with Crippen molar-refractivity contribution >= 4 is 34.2 Å². The number of aromatic carboxylic acids is 1. The highest BCUT2D eigenvalue weighted by Gasteiger charge is 2.31. The van der Waals surface area contributed by atoms with Crippen LogP contribution in [0, 0.1) is 12.8 Å². The van der Waals surface area contributed by atoms with Crippen LogP contribution in [0.3, 0.4) is 0 Å². The molecule has 2 saturated heterocycles. The van der Waals surface area contributed by atoms with Gasteiger partial charge in [0.05, 0.1) is 5.56 Å². The van der Waals surface area contributed by atoms with Crippen molar-refractivity contribution in [3.63, 3.8) is 0 Å². The fraction of sp³-hybridized carbons (Fsp3) is 0.632. The molecule has 148 valence electrons. The lowest BCUT2D eigenvalue weighted by Gasteiger charge is -2.34. The number of hydrogen-bond acceptors (Lipinski definition) is 4. The van der Waals surface area contributed by atoms with E-state index in [4.69, 9.17) is 0 Å². The van der Waals surface area contributed by atoms with Gasteiger partial charge < -0.3 is 20.2 Å². The standard InChI is InChI=1S/C19H27N3O4S/c1-3-14-12(2)27-17(15(14)18(24)25)20-16(23)13-6-10-22(11-7-13)19(26)21-8-4-5-9-21/h13H,3-11H2,1-2H3,(H,20,23)(H,24,25). The Morgan fingerprint density at radius 3 is 2.26 bits per heavy atom. The van der Waals surface area contributed by atoms with Gasteiger partial charge in [0.25, 0.3) is 0 Å². The van der Waals surface area contributed by atoms with Gasteiger partial charge >= 0.3 is 12.0 Å². The number of nitrogens with zero attached hydrogens (tertiary/aromatic N) is 2. The molecule has 0 atom stereocenters. The Morgan fingerprint density at radius 1 is 1.11 bits per heavy atom. The van der Waals surface area contributed by atoms with Gasteiger partial charge in [0.1, 0.15) is 5.00 Å². The van der Waals surface area contributed by atoms with Gasteiger partial charge in [0.15, 0.2) is 0 Å². The molecule has 0 radical (unpaired) electrons. The molecule has 2 N–H and O–H groups in total. The van der Waals surface area contributed by atoms with Gasteiger partial charge in [-0.2, -0.15) is 0 Å². The fourth-order valence-corrected chi connectivity index (χ4v) is 5.11. The Balaban J connectivity index is 1.60. The van der Waals surface area contributed by atoms with E-state index in [-0.39, 0.29) is 23.4 Å². The van der Waals surface area contributed by atoms with E-state index in [1.807, 2.05) is 23.6 Å². The maximum Gasteiger partial charge on any atom is 0.339 e. The predicted molar refractivity (Wildman–Crippen MR) is 105 cm³/mol. The van der Waals surface area contributed by atoms with Crippen LogP contribution in [-0.2, 0) is 11.2 Å². The molecule has 0 spiro atoms. The number of urea groups is 1. The first kappa shape index (κ1) is 19.7. The Labute approximate surface area is 163 Å². The number of hydrogen-bond donors (Lipinski definition) is 2. The number of carbonyl (C=O) groups is 3. The van der Waals surface area contributed by atoms with E-state index < -0.39 is 5.97 Å². The molecule has 2 aliphatic heterocycles. The molecular weight excluding hydrogens is 366 g/mol. The Hall–Kier alpha value is -2.09. The summed E-state index contributed by atoms with van der Waals surface area (Å²) >= 11 is 1.32. The average molecular weight is 394 g/mol. The van der Waals surface area contributed by atoms with E-state index in [0.717, 1.165) is 36.4 Å². The van der Waals surface area contributed by atoms with E-state index in [2.05, 4.69) is 5.32 Å². The highest BCUT2D eigenvalue weighted by molar-refractivity contribution is 7.16. The number of rotatable bonds is 4. The maximum absolute atomic E-state index is 12.7. The maximum atomic E-state index is 12.7. The Bertz CT molecular complexity index is 732. The molecule has 8 heteroatoms. The molecule has 3 amide bonds. The summed E-state index contributed by atoms with van der Waals surface area (Å²) in [6, 6.07) is 0.0843. The molecule has 7 nitrogen and oxygen atoms in total. The molecule has 0 bridgehead atoms. The van der Waals surface area contributed by atoms with Crippen LogP contribution in [0.15, 0.2) is 0 Å². The van der Waals surface area contributed by atoms with E-state index >= 15 is 0 Å². The van der Waals surface area contributed by atoms with Crippen molar-refractivity contribution in [3.8, 4) is 0 Å². The first-order chi connectivity index (χ1) is 12.9. The highest BCUT2D eigenvalue weighted by atomic mass is 32.1. The number of likely N-dealkylation sites (tertiary alicyclic amines) is 2. The second-order valence-electron chi connectivity index (χ2n) is 7.23. The summed E-state index contributed by atoms with van der Waals surface area (Å²) in [5.74, 6) is -1.34. The first-order valence-corrected chi connectivity index (χ1v) is 10.4. The van der Waals surface area contributed by atoms with Crippen molar-refractivity contribution in [1.82, 2.24) is 9.80 Å². The zero-order valence-corrected chi connectivity index (χ0v) is 16.7. The number of carboxylic acid groups (broad SMARTS) is 1. The zero-order chi connectivity index (χ0) is 19.6. The molecular formula is C19H27N3O4S. The number of amides is 3. The first-order valence-electron chi connectivity index (χ1n) is 9.62. The van der Waals surface area contributed by atoms with Crippen LogP contribution < -0.4 is 5.32 Å². The third kappa shape index (κ3) is 4.10. The number of aryl methyl sites for hydroxylation is 1. The number of piperidine rings is 1. The summed E-state index contributed by atoms with van der Waals surface area (Å²) in [6.45, 7) is 6.60. The van der Waals surface area contributed by atoms with E-state index in [0.29, 0.717) is 37.4 Å². The SMILES string of the molecule is CCc1c(C)sc(NC(=O)C2CCN(C(=O)N3CCCC3)CC2)c1C(=O)O. The lowest BCUT2D eigenvalue weighted by atomic mass is 9.96. The van der Waals surface area contributed by atoms with E-state index in [1.165, 1.54) is 11.3 Å². The van der Waals surface area contributed by atoms with Crippen LogP contribution in [0.25, 0.3) is 0 Å². The minimum absolute atomic E-state index is 0.0843. The molecule has 0 unspecified atom stereocenters. The molecule has 0 aromatic carbocycles. The fourth-order valence-electron chi connectivity index (χ4n) is 3.97. The van der Waals surface area contributed by atoms with Crippen molar-refractivity contribution in [2.24, 2.45) is 5.92 Å². The molecule has 3 heterocycles. The number of carbonyl (C=O) groups excluding carboxylic acids is 2. The molecule has 2 aliphatic rings.